The molecule has 17 heteroatoms. The maximum absolute atomic E-state index is 13.0. The van der Waals surface area contributed by atoms with Crippen LogP contribution in [0.2, 0.25) is 0 Å². The van der Waals surface area contributed by atoms with E-state index in [2.05, 4.69) is 155 Å². The van der Waals surface area contributed by atoms with Gasteiger partial charge in [-0.3, -0.25) is 14.5 Å². The minimum absolute atomic E-state index is 0.0943. The predicted molar refractivity (Wildman–Crippen MR) is 366 cm³/mol. The first-order chi connectivity index (χ1) is 45.3. The highest BCUT2D eigenvalue weighted by Gasteiger charge is 2.53. The Balaban J connectivity index is 0.656. The Morgan fingerprint density at radius 2 is 1.41 bits per heavy atom. The molecule has 6 aromatic rings. The number of aryl methyl sites for hydroxylation is 2. The smallest absolute Gasteiger partial charge is 0.318 e. The van der Waals surface area contributed by atoms with E-state index in [9.17, 15) is 20.1 Å². The molecule has 4 aliphatic heterocycles. The molecular weight excluding hydrogens is 1160 g/mol. The van der Waals surface area contributed by atoms with Gasteiger partial charge >= 0.3 is 6.01 Å². The van der Waals surface area contributed by atoms with E-state index >= 15 is 0 Å². The number of ether oxygens (including phenoxy) is 2. The number of piperazine rings is 1. The molecule has 93 heavy (non-hydrogen) atoms. The molecule has 14 rings (SSSR count). The highest BCUT2D eigenvalue weighted by Crippen LogP contribution is 2.59. The van der Waals surface area contributed by atoms with Gasteiger partial charge < -0.3 is 43.8 Å². The number of likely N-dealkylation sites (N-methyl/N-ethyl adjacent to an activating group) is 2. The van der Waals surface area contributed by atoms with E-state index in [1.165, 1.54) is 125 Å². The summed E-state index contributed by atoms with van der Waals surface area (Å²) in [5, 5.41) is 24.9. The van der Waals surface area contributed by atoms with Crippen LogP contribution in [0.4, 0.5) is 22.9 Å². The van der Waals surface area contributed by atoms with Crippen molar-refractivity contribution in [2.24, 2.45) is 17.3 Å². The summed E-state index contributed by atoms with van der Waals surface area (Å²) in [5.41, 5.74) is 12.9. The Morgan fingerprint density at radius 3 is 2.15 bits per heavy atom. The number of aromatic nitrogens is 3. The van der Waals surface area contributed by atoms with Crippen molar-refractivity contribution in [2.45, 2.75) is 134 Å². The number of benzene rings is 4. The molecule has 5 fully saturated rings. The van der Waals surface area contributed by atoms with E-state index in [1.54, 1.807) is 9.80 Å². The number of pyridine rings is 1. The number of nitrogens with zero attached hydrogens (tertiary/aromatic N) is 13. The summed E-state index contributed by atoms with van der Waals surface area (Å²) in [4.78, 5) is 59.5. The lowest BCUT2D eigenvalue weighted by atomic mass is 9.87. The average molecular weight is 1250 g/mol. The molecule has 4 aromatic carbocycles. The van der Waals surface area contributed by atoms with Crippen LogP contribution in [-0.2, 0) is 35.5 Å². The summed E-state index contributed by atoms with van der Waals surface area (Å²) >= 11 is 0. The number of allylic oxidation sites excluding steroid dienone is 1. The Kier molecular flexibility index (Phi) is 17.4. The molecule has 17 nitrogen and oxygen atoms in total. The van der Waals surface area contributed by atoms with Crippen LogP contribution < -0.4 is 29.1 Å². The molecule has 3 unspecified atom stereocenters. The SMILES string of the molecule is C=CC(=O)N1CCN(c2nc(OCCN(C)C3CCCC34CC4)nc3c2CCN(c2ccc(C4CC5CC(N(C)CCOc6cc(N7CCN(C(=O)C=C)[C@@H](CC#N)C7)c7c(n6)CN(c6cccc8cccc(C)c68)CC7)CC5C4)c4cccc(C)c24)C3)C=C1CC#N. The number of nitriles is 2. The van der Waals surface area contributed by atoms with Gasteiger partial charge in [-0.2, -0.15) is 20.5 Å². The number of hydrogen-bond donors (Lipinski definition) is 0. The van der Waals surface area contributed by atoms with Crippen LogP contribution in [0.3, 0.4) is 0 Å². The second kappa shape index (κ2) is 26.1. The Labute approximate surface area is 548 Å². The van der Waals surface area contributed by atoms with Gasteiger partial charge in [-0.25, -0.2) is 4.98 Å². The summed E-state index contributed by atoms with van der Waals surface area (Å²) in [6, 6.07) is 32.7. The molecule has 482 valence electrons. The van der Waals surface area contributed by atoms with E-state index in [0.717, 1.165) is 67.5 Å². The first-order valence-electron chi connectivity index (χ1n) is 34.2. The van der Waals surface area contributed by atoms with E-state index in [1.807, 2.05) is 6.20 Å². The van der Waals surface area contributed by atoms with Gasteiger partial charge in [0.2, 0.25) is 17.7 Å². The molecule has 0 bridgehead atoms. The average Bonchev–Trinajstić information content (AvgIpc) is 1.77. The predicted octanol–water partition coefficient (Wildman–Crippen LogP) is 11.6. The van der Waals surface area contributed by atoms with Crippen molar-refractivity contribution >= 4 is 56.2 Å². The van der Waals surface area contributed by atoms with Crippen LogP contribution in [0, 0.1) is 53.8 Å². The standard InChI is InChI=1S/C76H89N13O4/c1-7-70(90)88-35-33-86(46-56(88)22-29-77)67-45-69(79-63-48-84(31-24-61(63)67)65-18-11-16-52-15-9-13-50(3)72(52)65)92-39-37-82(5)58-43-53-41-55(42-54(53)44-58)59-20-21-66(73-51(4)14-10-17-60(59)73)85-32-25-62-64(49-85)80-75(93-40-38-83(6)68-19-12-26-76(68)27-28-76)81-74(62)87-34-36-89(71(91)8-2)57(47-87)23-30-78/h7-11,13-18,20-21,45,47,53-56,58,68H,1-2,12,19,22-28,31-44,46,48-49H2,3-6H3/t53?,54?,55?,56-,58?,68?/m0/s1. The van der Waals surface area contributed by atoms with Crippen molar-refractivity contribution in [1.29, 1.82) is 10.5 Å². The van der Waals surface area contributed by atoms with E-state index in [-0.39, 0.29) is 30.7 Å². The summed E-state index contributed by atoms with van der Waals surface area (Å²) in [7, 11) is 4.52. The monoisotopic (exact) mass is 1250 g/mol. The lowest BCUT2D eigenvalue weighted by Gasteiger charge is -2.43. The maximum Gasteiger partial charge on any atom is 0.318 e. The topological polar surface area (TPSA) is 165 Å². The molecule has 8 aliphatic rings. The van der Waals surface area contributed by atoms with Crippen molar-refractivity contribution in [1.82, 2.24) is 34.6 Å². The van der Waals surface area contributed by atoms with Gasteiger partial charge in [0.15, 0.2) is 0 Å². The number of rotatable bonds is 19. The lowest BCUT2D eigenvalue weighted by molar-refractivity contribution is -0.128. The second-order valence-electron chi connectivity index (χ2n) is 27.9. The van der Waals surface area contributed by atoms with Crippen LogP contribution >= 0.6 is 0 Å². The van der Waals surface area contributed by atoms with Crippen LogP contribution in [0.1, 0.15) is 116 Å². The first kappa shape index (κ1) is 62.0. The van der Waals surface area contributed by atoms with Crippen molar-refractivity contribution in [3.63, 3.8) is 0 Å². The third-order valence-corrected chi connectivity index (χ3v) is 22.7. The molecule has 4 atom stereocenters. The number of carbonyl (C=O) groups is 2. The van der Waals surface area contributed by atoms with Gasteiger partial charge in [0.25, 0.3) is 0 Å². The highest BCUT2D eigenvalue weighted by atomic mass is 16.5. The number of hydrogen-bond acceptors (Lipinski definition) is 15. The number of amides is 2. The molecule has 6 heterocycles. The van der Waals surface area contributed by atoms with Crippen molar-refractivity contribution < 1.29 is 19.1 Å². The summed E-state index contributed by atoms with van der Waals surface area (Å²) in [6.45, 7) is 20.1. The molecule has 2 aromatic heterocycles. The molecule has 1 spiro atoms. The first-order valence-corrected chi connectivity index (χ1v) is 34.2. The van der Waals surface area contributed by atoms with Crippen LogP contribution in [0.15, 0.2) is 110 Å². The third kappa shape index (κ3) is 12.1. The van der Waals surface area contributed by atoms with Gasteiger partial charge in [0, 0.05) is 122 Å². The molecule has 0 radical (unpaired) electrons. The van der Waals surface area contributed by atoms with E-state index < -0.39 is 0 Å². The summed E-state index contributed by atoms with van der Waals surface area (Å²) in [5.74, 6) is 2.87. The number of anilines is 4. The normalized spacial score (nSPS) is 23.0. The molecular formula is C76H89N13O4. The van der Waals surface area contributed by atoms with E-state index in [4.69, 9.17) is 24.4 Å². The number of carbonyl (C=O) groups excluding carboxylic acids is 2. The zero-order valence-electron chi connectivity index (χ0n) is 54.9. The second-order valence-corrected chi connectivity index (χ2v) is 27.9. The lowest BCUT2D eigenvalue weighted by Crippen LogP contribution is -2.55. The minimum atomic E-state index is -0.243. The highest BCUT2D eigenvalue weighted by molar-refractivity contribution is 6.00. The summed E-state index contributed by atoms with van der Waals surface area (Å²) in [6.07, 6.45) is 17.8. The van der Waals surface area contributed by atoms with Crippen molar-refractivity contribution in [3.05, 3.63) is 149 Å². The Hall–Kier alpha value is -8.51. The van der Waals surface area contributed by atoms with Gasteiger partial charge in [0.1, 0.15) is 19.0 Å². The maximum atomic E-state index is 13.0. The van der Waals surface area contributed by atoms with Crippen LogP contribution in [0.25, 0.3) is 21.5 Å². The quantitative estimate of drug-likeness (QED) is 0.0703. The fourth-order valence-electron chi connectivity index (χ4n) is 17.8. The fraction of sp³-hybridized carbons (Fsp3) is 0.487. The van der Waals surface area contributed by atoms with Gasteiger partial charge in [0.05, 0.1) is 61.2 Å². The molecule has 2 amide bonds. The molecule has 0 N–H and O–H groups in total. The largest absolute Gasteiger partial charge is 0.476 e. The zero-order chi connectivity index (χ0) is 64.1. The third-order valence-electron chi connectivity index (χ3n) is 22.7. The van der Waals surface area contributed by atoms with Crippen LogP contribution in [-0.4, -0.2) is 151 Å². The van der Waals surface area contributed by atoms with Crippen molar-refractivity contribution in [3.8, 4) is 24.0 Å². The van der Waals surface area contributed by atoms with E-state index in [0.29, 0.717) is 112 Å². The Bertz CT molecular complexity index is 4000. The molecule has 4 saturated carbocycles. The molecule has 1 saturated heterocycles. The molecule has 4 aliphatic carbocycles. The zero-order valence-corrected chi connectivity index (χ0v) is 54.9. The Morgan fingerprint density at radius 1 is 0.710 bits per heavy atom. The fourth-order valence-corrected chi connectivity index (χ4v) is 17.8. The van der Waals surface area contributed by atoms with Gasteiger partial charge in [-0.05, 0) is 167 Å². The van der Waals surface area contributed by atoms with Crippen LogP contribution in [0.5, 0.6) is 11.9 Å². The summed E-state index contributed by atoms with van der Waals surface area (Å²) < 4.78 is 13.3. The van der Waals surface area contributed by atoms with Gasteiger partial charge in [-0.15, -0.1) is 0 Å². The minimum Gasteiger partial charge on any atom is -0.476 e. The van der Waals surface area contributed by atoms with Gasteiger partial charge in [-0.1, -0.05) is 74.2 Å². The number of fused-ring (bicyclic) bond motifs is 5. The van der Waals surface area contributed by atoms with Crippen molar-refractivity contribution in [2.75, 3.05) is 106 Å².